The van der Waals surface area contributed by atoms with Crippen molar-refractivity contribution in [1.82, 2.24) is 14.9 Å². The van der Waals surface area contributed by atoms with E-state index in [-0.39, 0.29) is 23.7 Å². The molecule has 10 nitrogen and oxygen atoms in total. The summed E-state index contributed by atoms with van der Waals surface area (Å²) < 4.78 is 12.2. The average molecular weight is 431 g/mol. The van der Waals surface area contributed by atoms with E-state index in [1.807, 2.05) is 6.92 Å². The van der Waals surface area contributed by atoms with Crippen molar-refractivity contribution in [2.75, 3.05) is 25.0 Å². The second kappa shape index (κ2) is 8.18. The Hall–Kier alpha value is -3.14. The van der Waals surface area contributed by atoms with Crippen LogP contribution in [0.2, 0.25) is 0 Å². The van der Waals surface area contributed by atoms with Crippen molar-refractivity contribution in [1.29, 1.82) is 0 Å². The number of aromatic nitrogens is 2. The molecule has 0 radical (unpaired) electrons. The maximum Gasteiger partial charge on any atom is 0.339 e. The molecule has 0 bridgehead atoms. The van der Waals surface area contributed by atoms with Crippen LogP contribution < -0.4 is 16.4 Å². The zero-order chi connectivity index (χ0) is 23.0. The topological polar surface area (TPSA) is 137 Å². The van der Waals surface area contributed by atoms with Crippen molar-refractivity contribution in [2.45, 2.75) is 45.8 Å². The Balaban J connectivity index is 2.14. The number of nitrogens with two attached hydrogens (primary N) is 1. The molecule has 0 spiro atoms. The van der Waals surface area contributed by atoms with Gasteiger partial charge in [-0.25, -0.2) is 14.1 Å². The molecule has 1 aliphatic rings. The molecule has 1 saturated heterocycles. The standard InChI is InChI=1S/C21H29N5O5/c1-6-30-18(28)13-7-15-16(14(17(22)27)9-24-26(15)10-13)25-21(11-23-8-12(21)2)19(29)31-20(3,4)5/h7,9-10,12,23,25H,6,8,11H2,1-5H3,(H2,22,27)/t12-,21+/m0/s1. The van der Waals surface area contributed by atoms with Crippen LogP contribution in [0.5, 0.6) is 0 Å². The molecule has 4 N–H and O–H groups in total. The van der Waals surface area contributed by atoms with Gasteiger partial charge in [-0.2, -0.15) is 5.10 Å². The minimum Gasteiger partial charge on any atom is -0.462 e. The molecule has 3 rings (SSSR count). The summed E-state index contributed by atoms with van der Waals surface area (Å²) in [6.07, 6.45) is 2.81. The molecule has 2 atom stereocenters. The predicted octanol–water partition coefficient (Wildman–Crippen LogP) is 1.34. The quantitative estimate of drug-likeness (QED) is 0.583. The van der Waals surface area contributed by atoms with Gasteiger partial charge in [-0.15, -0.1) is 0 Å². The number of amides is 1. The number of primary amides is 1. The van der Waals surface area contributed by atoms with Gasteiger partial charge in [0.1, 0.15) is 5.60 Å². The molecular weight excluding hydrogens is 402 g/mol. The number of nitrogens with zero attached hydrogens (tertiary/aromatic N) is 2. The monoisotopic (exact) mass is 431 g/mol. The SMILES string of the molecule is CCOC(=O)c1cc2c(N[C@]3(C(=O)OC(C)(C)C)CNC[C@@H]3C)c(C(N)=O)cnn2c1. The van der Waals surface area contributed by atoms with Crippen molar-refractivity contribution in [2.24, 2.45) is 11.7 Å². The van der Waals surface area contributed by atoms with Gasteiger partial charge in [0, 0.05) is 25.2 Å². The van der Waals surface area contributed by atoms with Crippen LogP contribution in [0.25, 0.3) is 5.52 Å². The fourth-order valence-corrected chi connectivity index (χ4v) is 3.62. The molecule has 1 fully saturated rings. The third kappa shape index (κ3) is 4.34. The van der Waals surface area contributed by atoms with E-state index in [1.165, 1.54) is 16.9 Å². The van der Waals surface area contributed by atoms with Crippen LogP contribution in [-0.4, -0.2) is 58.3 Å². The summed E-state index contributed by atoms with van der Waals surface area (Å²) in [5.41, 5.74) is 4.85. The normalized spacial score (nSPS) is 21.1. The second-order valence-electron chi connectivity index (χ2n) is 8.71. The van der Waals surface area contributed by atoms with Crippen molar-refractivity contribution in [3.63, 3.8) is 0 Å². The van der Waals surface area contributed by atoms with E-state index in [9.17, 15) is 14.4 Å². The number of ether oxygens (including phenoxy) is 2. The van der Waals surface area contributed by atoms with E-state index in [0.29, 0.717) is 24.3 Å². The Morgan fingerprint density at radius 1 is 1.39 bits per heavy atom. The minimum absolute atomic E-state index is 0.100. The molecule has 1 aliphatic heterocycles. The smallest absolute Gasteiger partial charge is 0.339 e. The van der Waals surface area contributed by atoms with E-state index in [0.717, 1.165) is 0 Å². The highest BCUT2D eigenvalue weighted by atomic mass is 16.6. The molecule has 0 aromatic carbocycles. The van der Waals surface area contributed by atoms with Gasteiger partial charge < -0.3 is 25.8 Å². The van der Waals surface area contributed by atoms with Gasteiger partial charge in [-0.05, 0) is 33.8 Å². The third-order valence-corrected chi connectivity index (χ3v) is 5.22. The summed E-state index contributed by atoms with van der Waals surface area (Å²) in [6.45, 7) is 10.1. The van der Waals surface area contributed by atoms with Crippen LogP contribution >= 0.6 is 0 Å². The number of rotatable bonds is 6. The van der Waals surface area contributed by atoms with Gasteiger partial charge >= 0.3 is 11.9 Å². The molecule has 2 aromatic rings. The van der Waals surface area contributed by atoms with Crippen LogP contribution in [0.3, 0.4) is 0 Å². The molecule has 31 heavy (non-hydrogen) atoms. The lowest BCUT2D eigenvalue weighted by atomic mass is 9.87. The number of carbonyl (C=O) groups excluding carboxylic acids is 3. The molecule has 0 aliphatic carbocycles. The number of carbonyl (C=O) groups is 3. The van der Waals surface area contributed by atoms with Crippen LogP contribution in [-0.2, 0) is 14.3 Å². The number of esters is 2. The summed E-state index contributed by atoms with van der Waals surface area (Å²) in [7, 11) is 0. The number of hydrogen-bond acceptors (Lipinski definition) is 8. The molecule has 10 heteroatoms. The second-order valence-corrected chi connectivity index (χ2v) is 8.71. The maximum absolute atomic E-state index is 13.3. The highest BCUT2D eigenvalue weighted by Gasteiger charge is 2.50. The first kappa shape index (κ1) is 22.5. The highest BCUT2D eigenvalue weighted by molar-refractivity contribution is 6.04. The zero-order valence-corrected chi connectivity index (χ0v) is 18.4. The molecule has 1 amide bonds. The Morgan fingerprint density at radius 2 is 2.10 bits per heavy atom. The van der Waals surface area contributed by atoms with Crippen LogP contribution in [0.1, 0.15) is 55.3 Å². The fourth-order valence-electron chi connectivity index (χ4n) is 3.62. The molecule has 3 heterocycles. The van der Waals surface area contributed by atoms with E-state index < -0.39 is 29.0 Å². The summed E-state index contributed by atoms with van der Waals surface area (Å²) >= 11 is 0. The molecule has 168 valence electrons. The number of hydrogen-bond donors (Lipinski definition) is 3. The number of fused-ring (bicyclic) bond motifs is 1. The van der Waals surface area contributed by atoms with Gasteiger partial charge in [0.2, 0.25) is 0 Å². The Bertz CT molecular complexity index is 1030. The number of anilines is 1. The molecule has 2 aromatic heterocycles. The number of nitrogens with one attached hydrogen (secondary N) is 2. The lowest BCUT2D eigenvalue weighted by Gasteiger charge is -2.35. The van der Waals surface area contributed by atoms with Crippen molar-refractivity contribution >= 4 is 29.0 Å². The van der Waals surface area contributed by atoms with Gasteiger partial charge in [-0.1, -0.05) is 6.92 Å². The van der Waals surface area contributed by atoms with Gasteiger partial charge in [0.25, 0.3) is 5.91 Å². The van der Waals surface area contributed by atoms with E-state index in [2.05, 4.69) is 15.7 Å². The largest absolute Gasteiger partial charge is 0.462 e. The maximum atomic E-state index is 13.3. The third-order valence-electron chi connectivity index (χ3n) is 5.22. The Labute approximate surface area is 180 Å². The van der Waals surface area contributed by atoms with Crippen molar-refractivity contribution < 1.29 is 23.9 Å². The first-order valence-electron chi connectivity index (χ1n) is 10.2. The lowest BCUT2D eigenvalue weighted by Crippen LogP contribution is -2.55. The summed E-state index contributed by atoms with van der Waals surface area (Å²) in [5.74, 6) is -1.83. The molecular formula is C21H29N5O5. The van der Waals surface area contributed by atoms with Gasteiger partial charge in [-0.3, -0.25) is 4.79 Å². The van der Waals surface area contributed by atoms with Crippen LogP contribution in [0.4, 0.5) is 5.69 Å². The first-order chi connectivity index (χ1) is 14.5. The molecule has 0 unspecified atom stereocenters. The summed E-state index contributed by atoms with van der Waals surface area (Å²) in [5, 5.41) is 10.6. The average Bonchev–Trinajstić information content (AvgIpc) is 3.25. The van der Waals surface area contributed by atoms with Crippen molar-refractivity contribution in [3.8, 4) is 0 Å². The lowest BCUT2D eigenvalue weighted by molar-refractivity contribution is -0.161. The summed E-state index contributed by atoms with van der Waals surface area (Å²) in [4.78, 5) is 37.7. The van der Waals surface area contributed by atoms with E-state index >= 15 is 0 Å². The molecule has 0 saturated carbocycles. The fraction of sp³-hybridized carbons (Fsp3) is 0.524. The summed E-state index contributed by atoms with van der Waals surface area (Å²) in [6, 6.07) is 1.55. The zero-order valence-electron chi connectivity index (χ0n) is 18.4. The van der Waals surface area contributed by atoms with Gasteiger partial charge in [0.05, 0.1) is 35.1 Å². The van der Waals surface area contributed by atoms with Crippen LogP contribution in [0, 0.1) is 5.92 Å². The Morgan fingerprint density at radius 3 is 2.65 bits per heavy atom. The minimum atomic E-state index is -1.15. The van der Waals surface area contributed by atoms with E-state index in [4.69, 9.17) is 15.2 Å². The van der Waals surface area contributed by atoms with Gasteiger partial charge in [0.15, 0.2) is 5.54 Å². The van der Waals surface area contributed by atoms with Crippen molar-refractivity contribution in [3.05, 3.63) is 29.6 Å². The first-order valence-corrected chi connectivity index (χ1v) is 10.2. The Kier molecular flexibility index (Phi) is 5.95. The van der Waals surface area contributed by atoms with Crippen LogP contribution in [0.15, 0.2) is 18.5 Å². The van der Waals surface area contributed by atoms with E-state index in [1.54, 1.807) is 33.8 Å². The predicted molar refractivity (Wildman–Crippen MR) is 114 cm³/mol. The highest BCUT2D eigenvalue weighted by Crippen LogP contribution is 2.34.